The van der Waals surface area contributed by atoms with Crippen LogP contribution in [0, 0.1) is 11.6 Å². The van der Waals surface area contributed by atoms with Crippen molar-refractivity contribution in [3.05, 3.63) is 35.4 Å². The van der Waals surface area contributed by atoms with Crippen molar-refractivity contribution in [3.8, 4) is 0 Å². The van der Waals surface area contributed by atoms with Gasteiger partial charge in [0.2, 0.25) is 0 Å². The van der Waals surface area contributed by atoms with Gasteiger partial charge in [0, 0.05) is 23.7 Å². The van der Waals surface area contributed by atoms with Gasteiger partial charge in [-0.25, -0.2) is 8.78 Å². The van der Waals surface area contributed by atoms with E-state index >= 15 is 0 Å². The molecule has 2 aliphatic rings. The van der Waals surface area contributed by atoms with Crippen LogP contribution in [0.15, 0.2) is 18.2 Å². The molecule has 3 rings (SSSR count). The minimum atomic E-state index is -0.516. The Morgan fingerprint density at radius 1 is 1.24 bits per heavy atom. The van der Waals surface area contributed by atoms with Crippen LogP contribution in [0.1, 0.15) is 51.0 Å². The van der Waals surface area contributed by atoms with E-state index in [1.165, 1.54) is 6.07 Å². The van der Waals surface area contributed by atoms with Crippen molar-refractivity contribution in [1.82, 2.24) is 5.32 Å². The fourth-order valence-electron chi connectivity index (χ4n) is 3.74. The maximum Gasteiger partial charge on any atom is 0.131 e. The number of ether oxygens (including phenoxy) is 1. The highest BCUT2D eigenvalue weighted by atomic mass is 19.1. The predicted octanol–water partition coefficient (Wildman–Crippen LogP) is 3.89. The van der Waals surface area contributed by atoms with Crippen molar-refractivity contribution in [2.45, 2.75) is 63.2 Å². The molecule has 0 unspecified atom stereocenters. The van der Waals surface area contributed by atoms with Gasteiger partial charge in [-0.15, -0.1) is 0 Å². The fraction of sp³-hybridized carbons (Fsp3) is 0.647. The van der Waals surface area contributed by atoms with Crippen molar-refractivity contribution in [2.24, 2.45) is 0 Å². The van der Waals surface area contributed by atoms with E-state index in [1.54, 1.807) is 6.07 Å². The first-order valence-corrected chi connectivity index (χ1v) is 7.95. The van der Waals surface area contributed by atoms with Crippen molar-refractivity contribution in [1.29, 1.82) is 0 Å². The van der Waals surface area contributed by atoms with E-state index in [-0.39, 0.29) is 11.6 Å². The minimum Gasteiger partial charge on any atom is -0.374 e. The molecule has 1 saturated heterocycles. The van der Waals surface area contributed by atoms with Crippen molar-refractivity contribution >= 4 is 0 Å². The molecule has 1 aromatic carbocycles. The van der Waals surface area contributed by atoms with Gasteiger partial charge in [-0.1, -0.05) is 18.9 Å². The third-order valence-electron chi connectivity index (χ3n) is 4.89. The van der Waals surface area contributed by atoms with Crippen molar-refractivity contribution < 1.29 is 13.5 Å². The van der Waals surface area contributed by atoms with Gasteiger partial charge in [0.05, 0.1) is 12.2 Å². The summed E-state index contributed by atoms with van der Waals surface area (Å²) >= 11 is 0. The van der Waals surface area contributed by atoms with E-state index in [0.717, 1.165) is 51.1 Å². The molecule has 1 aliphatic heterocycles. The molecule has 1 aliphatic carbocycles. The molecule has 1 aromatic rings. The lowest BCUT2D eigenvalue weighted by Gasteiger charge is -2.32. The van der Waals surface area contributed by atoms with E-state index < -0.39 is 11.6 Å². The number of halogens is 2. The van der Waals surface area contributed by atoms with Crippen LogP contribution in [-0.4, -0.2) is 18.8 Å². The van der Waals surface area contributed by atoms with Gasteiger partial charge in [0.1, 0.15) is 11.6 Å². The van der Waals surface area contributed by atoms with E-state index in [1.807, 2.05) is 0 Å². The van der Waals surface area contributed by atoms with Crippen molar-refractivity contribution in [3.63, 3.8) is 0 Å². The van der Waals surface area contributed by atoms with Crippen LogP contribution in [0.25, 0.3) is 0 Å². The first kappa shape index (κ1) is 14.9. The fourth-order valence-corrected chi connectivity index (χ4v) is 3.74. The lowest BCUT2D eigenvalue weighted by Crippen LogP contribution is -2.44. The summed E-state index contributed by atoms with van der Waals surface area (Å²) in [5, 5.41) is 3.55. The van der Waals surface area contributed by atoms with Crippen LogP contribution in [0.3, 0.4) is 0 Å². The summed E-state index contributed by atoms with van der Waals surface area (Å²) in [6.45, 7) is 2.83. The zero-order valence-electron chi connectivity index (χ0n) is 12.5. The molecule has 116 valence electrons. The maximum atomic E-state index is 14.2. The normalized spacial score (nSPS) is 28.1. The second kappa shape index (κ2) is 6.01. The first-order chi connectivity index (χ1) is 10.1. The minimum absolute atomic E-state index is 0.209. The quantitative estimate of drug-likeness (QED) is 0.910. The molecule has 1 saturated carbocycles. The molecule has 0 radical (unpaired) electrons. The Morgan fingerprint density at radius 3 is 2.62 bits per heavy atom. The molecule has 0 aromatic heterocycles. The number of hydrogen-bond donors (Lipinski definition) is 1. The molecule has 0 spiro atoms. The summed E-state index contributed by atoms with van der Waals surface area (Å²) in [7, 11) is 0. The summed E-state index contributed by atoms with van der Waals surface area (Å²) in [6.07, 6.45) is 6.62. The lowest BCUT2D eigenvalue weighted by molar-refractivity contribution is 0.0500. The first-order valence-electron chi connectivity index (χ1n) is 7.95. The van der Waals surface area contributed by atoms with Gasteiger partial charge in [0.25, 0.3) is 0 Å². The number of benzene rings is 1. The second-order valence-corrected chi connectivity index (χ2v) is 6.44. The number of hydrogen-bond acceptors (Lipinski definition) is 2. The summed E-state index contributed by atoms with van der Waals surface area (Å²) in [5.74, 6) is -0.956. The SMILES string of the molecule is C[C@@H]1CC[C@H](CNC2(c3ccc(F)cc3F)CCCC2)O1. The lowest BCUT2D eigenvalue weighted by atomic mass is 9.87. The molecule has 0 amide bonds. The van der Waals surface area contributed by atoms with Crippen LogP contribution in [0.5, 0.6) is 0 Å². The number of nitrogens with one attached hydrogen (secondary N) is 1. The summed E-state index contributed by atoms with van der Waals surface area (Å²) in [6, 6.07) is 3.95. The van der Waals surface area contributed by atoms with Gasteiger partial charge in [-0.05, 0) is 38.7 Å². The van der Waals surface area contributed by atoms with Gasteiger partial charge in [-0.3, -0.25) is 0 Å². The van der Waals surface area contributed by atoms with Crippen LogP contribution < -0.4 is 5.32 Å². The standard InChI is InChI=1S/C17H23F2NO/c1-12-4-6-14(21-12)11-20-17(8-2-3-9-17)15-7-5-13(18)10-16(15)19/h5,7,10,12,14,20H,2-4,6,8-9,11H2,1H3/t12-,14-/m1/s1. The Balaban J connectivity index is 1.76. The third kappa shape index (κ3) is 3.11. The molecule has 21 heavy (non-hydrogen) atoms. The van der Waals surface area contributed by atoms with Crippen LogP contribution in [0.4, 0.5) is 8.78 Å². The predicted molar refractivity (Wildman–Crippen MR) is 78.1 cm³/mol. The molecule has 2 fully saturated rings. The summed E-state index contributed by atoms with van der Waals surface area (Å²) in [4.78, 5) is 0. The highest BCUT2D eigenvalue weighted by molar-refractivity contribution is 5.28. The van der Waals surface area contributed by atoms with E-state index in [2.05, 4.69) is 12.2 Å². The Hall–Kier alpha value is -1.00. The topological polar surface area (TPSA) is 21.3 Å². The molecule has 2 atom stereocenters. The van der Waals surface area contributed by atoms with Crippen LogP contribution >= 0.6 is 0 Å². The van der Waals surface area contributed by atoms with E-state index in [0.29, 0.717) is 11.7 Å². The van der Waals surface area contributed by atoms with Gasteiger partial charge >= 0.3 is 0 Å². The monoisotopic (exact) mass is 295 g/mol. The Kier molecular flexibility index (Phi) is 4.27. The highest BCUT2D eigenvalue weighted by Crippen LogP contribution is 2.40. The van der Waals surface area contributed by atoms with Crippen LogP contribution in [-0.2, 0) is 10.3 Å². The summed E-state index contributed by atoms with van der Waals surface area (Å²) in [5.41, 5.74) is 0.250. The molecular weight excluding hydrogens is 272 g/mol. The van der Waals surface area contributed by atoms with Gasteiger partial charge in [0.15, 0.2) is 0 Å². The zero-order valence-corrected chi connectivity index (χ0v) is 12.5. The van der Waals surface area contributed by atoms with E-state index in [4.69, 9.17) is 4.74 Å². The molecule has 0 bridgehead atoms. The third-order valence-corrected chi connectivity index (χ3v) is 4.89. The molecule has 4 heteroatoms. The molecular formula is C17H23F2NO. The zero-order chi connectivity index (χ0) is 14.9. The Morgan fingerprint density at radius 2 is 2.00 bits per heavy atom. The Labute approximate surface area is 124 Å². The van der Waals surface area contributed by atoms with Gasteiger partial charge < -0.3 is 10.1 Å². The second-order valence-electron chi connectivity index (χ2n) is 6.44. The average molecular weight is 295 g/mol. The van der Waals surface area contributed by atoms with Crippen molar-refractivity contribution in [2.75, 3.05) is 6.54 Å². The van der Waals surface area contributed by atoms with Gasteiger partial charge in [-0.2, -0.15) is 0 Å². The largest absolute Gasteiger partial charge is 0.374 e. The molecule has 2 nitrogen and oxygen atoms in total. The molecule has 1 N–H and O–H groups in total. The maximum absolute atomic E-state index is 14.2. The number of rotatable bonds is 4. The smallest absolute Gasteiger partial charge is 0.131 e. The van der Waals surface area contributed by atoms with E-state index in [9.17, 15) is 8.78 Å². The molecule has 1 heterocycles. The Bertz CT molecular complexity index is 500. The van der Waals surface area contributed by atoms with Crippen LogP contribution in [0.2, 0.25) is 0 Å². The average Bonchev–Trinajstić information content (AvgIpc) is 3.06. The summed E-state index contributed by atoms with van der Waals surface area (Å²) < 4.78 is 33.2. The highest BCUT2D eigenvalue weighted by Gasteiger charge is 2.38.